The summed E-state index contributed by atoms with van der Waals surface area (Å²) >= 11 is 0. The van der Waals surface area contributed by atoms with Crippen molar-refractivity contribution in [2.24, 2.45) is 0 Å². The molecule has 0 aliphatic carbocycles. The molecule has 0 amide bonds. The molecule has 3 aromatic heterocycles. The molecule has 4 N–H and O–H groups in total. The zero-order valence-electron chi connectivity index (χ0n) is 16.5. The first-order valence-electron chi connectivity index (χ1n) is 8.62. The van der Waals surface area contributed by atoms with Crippen molar-refractivity contribution in [3.63, 3.8) is 0 Å². The number of carboxylic acid groups (broad SMARTS) is 1. The molecule has 0 saturated heterocycles. The molecule has 3 rings (SSSR count). The molecule has 3 heterocycles. The molecule has 166 valence electrons. The monoisotopic (exact) mass is 442 g/mol. The second-order valence-corrected chi connectivity index (χ2v) is 6.21. The first kappa shape index (κ1) is 23.4. The smallest absolute Gasteiger partial charge is 0.475 e. The molecule has 0 fully saturated rings. The maximum Gasteiger partial charge on any atom is 0.490 e. The second-order valence-electron chi connectivity index (χ2n) is 6.21. The molecular formula is C17H18F4N8O2. The molecule has 14 heteroatoms. The topological polar surface area (TPSA) is 142 Å². The van der Waals surface area contributed by atoms with E-state index in [1.54, 1.807) is 6.20 Å². The number of aryl methyl sites for hydroxylation is 2. The number of carbonyl (C=O) groups is 1. The number of anilines is 3. The highest BCUT2D eigenvalue weighted by Crippen LogP contribution is 2.20. The number of nitrogens with zero attached hydrogens (tertiary/aromatic N) is 5. The maximum atomic E-state index is 12.9. The van der Waals surface area contributed by atoms with Crippen LogP contribution in [0.25, 0.3) is 0 Å². The van der Waals surface area contributed by atoms with Crippen LogP contribution < -0.4 is 10.6 Å². The fourth-order valence-electron chi connectivity index (χ4n) is 2.05. The maximum absolute atomic E-state index is 12.9. The van der Waals surface area contributed by atoms with Gasteiger partial charge >= 0.3 is 12.1 Å². The van der Waals surface area contributed by atoms with E-state index in [1.165, 1.54) is 0 Å². The SMILES string of the molecule is Cc1cc(Nc2nc(N[C@@H](C)c3ncc(F)cn3)ncc2C)n[nH]1.O=C(O)C(F)(F)F. The van der Waals surface area contributed by atoms with Crippen molar-refractivity contribution >= 4 is 23.6 Å². The molecule has 3 aromatic rings. The molecule has 0 unspecified atom stereocenters. The summed E-state index contributed by atoms with van der Waals surface area (Å²) in [6.07, 6.45) is -1.12. The summed E-state index contributed by atoms with van der Waals surface area (Å²) in [6.45, 7) is 5.67. The number of carboxylic acids is 1. The van der Waals surface area contributed by atoms with E-state index in [9.17, 15) is 17.6 Å². The predicted molar refractivity (Wildman–Crippen MR) is 101 cm³/mol. The quantitative estimate of drug-likeness (QED) is 0.438. The van der Waals surface area contributed by atoms with E-state index in [1.807, 2.05) is 26.8 Å². The molecule has 31 heavy (non-hydrogen) atoms. The fraction of sp³-hybridized carbons (Fsp3) is 0.294. The molecule has 0 aromatic carbocycles. The second kappa shape index (κ2) is 9.77. The molecule has 0 radical (unpaired) electrons. The molecule has 0 bridgehead atoms. The summed E-state index contributed by atoms with van der Waals surface area (Å²) in [4.78, 5) is 25.5. The zero-order chi connectivity index (χ0) is 23.2. The van der Waals surface area contributed by atoms with Crippen molar-refractivity contribution in [2.75, 3.05) is 10.6 Å². The normalized spacial score (nSPS) is 11.8. The van der Waals surface area contributed by atoms with Gasteiger partial charge in [-0.15, -0.1) is 0 Å². The molecule has 0 aliphatic heterocycles. The van der Waals surface area contributed by atoms with Crippen LogP contribution in [0, 0.1) is 19.7 Å². The first-order chi connectivity index (χ1) is 14.5. The van der Waals surface area contributed by atoms with E-state index < -0.39 is 18.0 Å². The average molecular weight is 442 g/mol. The van der Waals surface area contributed by atoms with Gasteiger partial charge in [0.2, 0.25) is 5.95 Å². The van der Waals surface area contributed by atoms with Crippen molar-refractivity contribution in [1.82, 2.24) is 30.1 Å². The van der Waals surface area contributed by atoms with Gasteiger partial charge in [-0.2, -0.15) is 23.3 Å². The van der Waals surface area contributed by atoms with Crippen molar-refractivity contribution in [2.45, 2.75) is 33.0 Å². The Morgan fingerprint density at radius 2 is 1.77 bits per heavy atom. The standard InChI is InChI=1S/C15H17FN8.C2HF3O2/c1-8-5-19-15(20-10(3)14-17-6-11(16)7-18-14)22-13(8)21-12-4-9(2)23-24-12;3-2(4,5)1(6)7/h4-7,10H,1-3H3,(H3,19,20,21,22,23,24);(H,6,7)/t10-;/m0./s1. The number of hydrogen-bond donors (Lipinski definition) is 4. The Balaban J connectivity index is 0.000000423. The Labute approximate surface area is 173 Å². The lowest BCUT2D eigenvalue weighted by atomic mass is 10.3. The number of hydrogen-bond acceptors (Lipinski definition) is 8. The van der Waals surface area contributed by atoms with Crippen LogP contribution in [0.1, 0.15) is 30.0 Å². The van der Waals surface area contributed by atoms with Crippen LogP contribution in [0.4, 0.5) is 35.1 Å². The minimum Gasteiger partial charge on any atom is -0.475 e. The van der Waals surface area contributed by atoms with Crippen LogP contribution in [0.5, 0.6) is 0 Å². The predicted octanol–water partition coefficient (Wildman–Crippen LogP) is 3.30. The number of aromatic amines is 1. The minimum atomic E-state index is -5.08. The van der Waals surface area contributed by atoms with Gasteiger partial charge in [-0.05, 0) is 20.8 Å². The van der Waals surface area contributed by atoms with Crippen molar-refractivity contribution < 1.29 is 27.5 Å². The average Bonchev–Trinajstić information content (AvgIpc) is 3.09. The Kier molecular flexibility index (Phi) is 7.39. The van der Waals surface area contributed by atoms with Crippen LogP contribution >= 0.6 is 0 Å². The van der Waals surface area contributed by atoms with E-state index in [-0.39, 0.29) is 6.04 Å². The molecule has 10 nitrogen and oxygen atoms in total. The summed E-state index contributed by atoms with van der Waals surface area (Å²) in [5.41, 5.74) is 1.83. The third kappa shape index (κ3) is 7.17. The van der Waals surface area contributed by atoms with E-state index in [2.05, 4.69) is 40.8 Å². The van der Waals surface area contributed by atoms with Crippen LogP contribution in [-0.2, 0) is 4.79 Å². The highest BCUT2D eigenvalue weighted by atomic mass is 19.4. The van der Waals surface area contributed by atoms with Crippen LogP contribution in [0.15, 0.2) is 24.7 Å². The van der Waals surface area contributed by atoms with Crippen LogP contribution in [0.2, 0.25) is 0 Å². The van der Waals surface area contributed by atoms with Gasteiger partial charge in [0.05, 0.1) is 18.4 Å². The molecular weight excluding hydrogens is 424 g/mol. The number of aliphatic carboxylic acids is 1. The Bertz CT molecular complexity index is 1020. The number of aromatic nitrogens is 6. The van der Waals surface area contributed by atoms with Gasteiger partial charge in [0, 0.05) is 23.5 Å². The number of nitrogens with one attached hydrogen (secondary N) is 3. The van der Waals surface area contributed by atoms with Crippen molar-refractivity contribution in [1.29, 1.82) is 0 Å². The van der Waals surface area contributed by atoms with Gasteiger partial charge in [0.1, 0.15) is 11.6 Å². The highest BCUT2D eigenvalue weighted by molar-refractivity contribution is 5.73. The Morgan fingerprint density at radius 3 is 2.29 bits per heavy atom. The highest BCUT2D eigenvalue weighted by Gasteiger charge is 2.38. The number of halogens is 4. The lowest BCUT2D eigenvalue weighted by Gasteiger charge is -2.14. The van der Waals surface area contributed by atoms with Gasteiger partial charge < -0.3 is 15.7 Å². The third-order valence-corrected chi connectivity index (χ3v) is 3.54. The van der Waals surface area contributed by atoms with E-state index >= 15 is 0 Å². The first-order valence-corrected chi connectivity index (χ1v) is 8.62. The van der Waals surface area contributed by atoms with E-state index in [0.29, 0.717) is 23.4 Å². The number of alkyl halides is 3. The summed E-state index contributed by atoms with van der Waals surface area (Å²) < 4.78 is 44.6. The zero-order valence-corrected chi connectivity index (χ0v) is 16.5. The minimum absolute atomic E-state index is 0.270. The Morgan fingerprint density at radius 1 is 1.16 bits per heavy atom. The molecule has 0 aliphatic rings. The van der Waals surface area contributed by atoms with E-state index in [4.69, 9.17) is 9.90 Å². The lowest BCUT2D eigenvalue weighted by molar-refractivity contribution is -0.192. The van der Waals surface area contributed by atoms with Crippen molar-refractivity contribution in [3.05, 3.63) is 47.6 Å². The van der Waals surface area contributed by atoms with Gasteiger partial charge in [0.15, 0.2) is 11.6 Å². The molecule has 0 spiro atoms. The summed E-state index contributed by atoms with van der Waals surface area (Å²) in [5, 5.41) is 20.4. The van der Waals surface area contributed by atoms with Gasteiger partial charge in [0.25, 0.3) is 0 Å². The number of H-pyrrole nitrogens is 1. The summed E-state index contributed by atoms with van der Waals surface area (Å²) in [7, 11) is 0. The molecule has 0 saturated carbocycles. The summed E-state index contributed by atoms with van der Waals surface area (Å²) in [6, 6.07) is 1.61. The third-order valence-electron chi connectivity index (χ3n) is 3.54. The van der Waals surface area contributed by atoms with Gasteiger partial charge in [-0.1, -0.05) is 0 Å². The molecule has 1 atom stereocenters. The van der Waals surface area contributed by atoms with Gasteiger partial charge in [-0.25, -0.2) is 24.1 Å². The summed E-state index contributed by atoms with van der Waals surface area (Å²) in [5.74, 6) is -1.04. The number of rotatable bonds is 5. The Hall–Kier alpha value is -3.84. The fourth-order valence-corrected chi connectivity index (χ4v) is 2.05. The van der Waals surface area contributed by atoms with Gasteiger partial charge in [-0.3, -0.25) is 5.10 Å². The van der Waals surface area contributed by atoms with E-state index in [0.717, 1.165) is 23.7 Å². The van der Waals surface area contributed by atoms with Crippen LogP contribution in [0.3, 0.4) is 0 Å². The van der Waals surface area contributed by atoms with Crippen molar-refractivity contribution in [3.8, 4) is 0 Å². The van der Waals surface area contributed by atoms with Crippen LogP contribution in [-0.4, -0.2) is 47.4 Å². The largest absolute Gasteiger partial charge is 0.490 e. The lowest BCUT2D eigenvalue weighted by Crippen LogP contribution is -2.21.